The van der Waals surface area contributed by atoms with Crippen LogP contribution in [0.15, 0.2) is 36.4 Å². The van der Waals surface area contributed by atoms with E-state index in [2.05, 4.69) is 13.8 Å². The molecule has 0 radical (unpaired) electrons. The number of hydrogen-bond acceptors (Lipinski definition) is 3. The molecule has 0 aliphatic carbocycles. The van der Waals surface area contributed by atoms with E-state index in [1.54, 1.807) is 0 Å². The SMILES string of the molecule is CC(C)c1cc(C(=O)c2ccccc2)c(N)s1. The molecule has 0 bridgehead atoms. The first-order valence-corrected chi connectivity index (χ1v) is 6.40. The molecule has 0 atom stereocenters. The van der Waals surface area contributed by atoms with E-state index in [1.807, 2.05) is 36.4 Å². The Morgan fingerprint density at radius 3 is 2.41 bits per heavy atom. The van der Waals surface area contributed by atoms with E-state index in [0.29, 0.717) is 22.0 Å². The van der Waals surface area contributed by atoms with Crippen LogP contribution in [0.5, 0.6) is 0 Å². The van der Waals surface area contributed by atoms with Gasteiger partial charge in [0.2, 0.25) is 0 Å². The number of anilines is 1. The Morgan fingerprint density at radius 2 is 1.88 bits per heavy atom. The first-order chi connectivity index (χ1) is 8.09. The van der Waals surface area contributed by atoms with Crippen molar-refractivity contribution in [1.29, 1.82) is 0 Å². The molecule has 2 nitrogen and oxygen atoms in total. The van der Waals surface area contributed by atoms with Crippen molar-refractivity contribution in [1.82, 2.24) is 0 Å². The Kier molecular flexibility index (Phi) is 3.29. The van der Waals surface area contributed by atoms with Crippen molar-refractivity contribution in [2.24, 2.45) is 0 Å². The summed E-state index contributed by atoms with van der Waals surface area (Å²) in [5.74, 6) is 0.408. The molecule has 0 spiro atoms. The van der Waals surface area contributed by atoms with Crippen molar-refractivity contribution in [2.75, 3.05) is 5.73 Å². The Bertz CT molecular complexity index is 528. The van der Waals surface area contributed by atoms with E-state index in [-0.39, 0.29) is 5.78 Å². The van der Waals surface area contributed by atoms with Crippen molar-refractivity contribution >= 4 is 22.1 Å². The minimum absolute atomic E-state index is 0.00579. The molecule has 2 rings (SSSR count). The molecule has 0 aliphatic heterocycles. The van der Waals surface area contributed by atoms with Crippen LogP contribution in [0.3, 0.4) is 0 Å². The third kappa shape index (κ3) is 2.39. The molecular weight excluding hydrogens is 230 g/mol. The van der Waals surface area contributed by atoms with Crippen LogP contribution in [-0.4, -0.2) is 5.78 Å². The van der Waals surface area contributed by atoms with Crippen molar-refractivity contribution in [3.05, 3.63) is 52.4 Å². The maximum Gasteiger partial charge on any atom is 0.195 e. The Hall–Kier alpha value is -1.61. The smallest absolute Gasteiger partial charge is 0.195 e. The minimum Gasteiger partial charge on any atom is -0.390 e. The normalized spacial score (nSPS) is 10.8. The number of rotatable bonds is 3. The number of nitrogen functional groups attached to an aromatic ring is 1. The van der Waals surface area contributed by atoms with Crippen molar-refractivity contribution < 1.29 is 4.79 Å². The summed E-state index contributed by atoms with van der Waals surface area (Å²) in [6.07, 6.45) is 0. The van der Waals surface area contributed by atoms with Crippen LogP contribution in [0.2, 0.25) is 0 Å². The fraction of sp³-hybridized carbons (Fsp3) is 0.214. The van der Waals surface area contributed by atoms with Crippen molar-refractivity contribution in [3.63, 3.8) is 0 Å². The first-order valence-electron chi connectivity index (χ1n) is 5.58. The van der Waals surface area contributed by atoms with Gasteiger partial charge in [0, 0.05) is 10.4 Å². The second-order valence-corrected chi connectivity index (χ2v) is 5.39. The van der Waals surface area contributed by atoms with Crippen LogP contribution < -0.4 is 5.73 Å². The highest BCUT2D eigenvalue weighted by molar-refractivity contribution is 7.16. The molecule has 0 aliphatic rings. The lowest BCUT2D eigenvalue weighted by Crippen LogP contribution is -2.02. The third-order valence-corrected chi connectivity index (χ3v) is 3.89. The summed E-state index contributed by atoms with van der Waals surface area (Å²) in [5, 5.41) is 0.613. The summed E-state index contributed by atoms with van der Waals surface area (Å²) < 4.78 is 0. The van der Waals surface area contributed by atoms with E-state index in [0.717, 1.165) is 4.88 Å². The lowest BCUT2D eigenvalue weighted by molar-refractivity contribution is 0.104. The predicted octanol–water partition coefficient (Wildman–Crippen LogP) is 3.68. The molecule has 1 aromatic carbocycles. The average Bonchev–Trinajstić information content (AvgIpc) is 2.72. The summed E-state index contributed by atoms with van der Waals surface area (Å²) in [6.45, 7) is 4.20. The summed E-state index contributed by atoms with van der Waals surface area (Å²) in [7, 11) is 0. The molecule has 1 aromatic heterocycles. The van der Waals surface area contributed by atoms with E-state index >= 15 is 0 Å². The lowest BCUT2D eigenvalue weighted by atomic mass is 10.0. The summed E-state index contributed by atoms with van der Waals surface area (Å²) in [6, 6.07) is 11.2. The Labute approximate surface area is 105 Å². The fourth-order valence-electron chi connectivity index (χ4n) is 1.63. The molecule has 1 heterocycles. The molecule has 0 fully saturated rings. The quantitative estimate of drug-likeness (QED) is 0.838. The van der Waals surface area contributed by atoms with Gasteiger partial charge in [-0.25, -0.2) is 0 Å². The van der Waals surface area contributed by atoms with Crippen molar-refractivity contribution in [3.8, 4) is 0 Å². The minimum atomic E-state index is 0.00579. The number of carbonyl (C=O) groups excluding carboxylic acids is 1. The van der Waals surface area contributed by atoms with Gasteiger partial charge in [0.1, 0.15) is 0 Å². The van der Waals surface area contributed by atoms with Gasteiger partial charge in [0.15, 0.2) is 5.78 Å². The third-order valence-electron chi connectivity index (χ3n) is 2.63. The van der Waals surface area contributed by atoms with Crippen LogP contribution in [0.4, 0.5) is 5.00 Å². The van der Waals surface area contributed by atoms with Gasteiger partial charge in [-0.05, 0) is 12.0 Å². The molecule has 3 heteroatoms. The molecule has 0 amide bonds. The van der Waals surface area contributed by atoms with Gasteiger partial charge in [0.05, 0.1) is 10.6 Å². The van der Waals surface area contributed by atoms with Crippen molar-refractivity contribution in [2.45, 2.75) is 19.8 Å². The van der Waals surface area contributed by atoms with Crippen LogP contribution in [0.25, 0.3) is 0 Å². The zero-order valence-electron chi connectivity index (χ0n) is 9.94. The second kappa shape index (κ2) is 4.72. The highest BCUT2D eigenvalue weighted by Crippen LogP contribution is 2.31. The van der Waals surface area contributed by atoms with Gasteiger partial charge in [-0.3, -0.25) is 4.79 Å². The number of thiophene rings is 1. The average molecular weight is 245 g/mol. The highest BCUT2D eigenvalue weighted by atomic mass is 32.1. The summed E-state index contributed by atoms with van der Waals surface area (Å²) in [5.41, 5.74) is 7.23. The molecule has 2 aromatic rings. The van der Waals surface area contributed by atoms with Gasteiger partial charge in [-0.2, -0.15) is 0 Å². The van der Waals surface area contributed by atoms with Crippen LogP contribution >= 0.6 is 11.3 Å². The zero-order chi connectivity index (χ0) is 12.4. The summed E-state index contributed by atoms with van der Waals surface area (Å²) >= 11 is 1.50. The number of benzene rings is 1. The first kappa shape index (κ1) is 11.9. The fourth-order valence-corrected chi connectivity index (χ4v) is 2.56. The lowest BCUT2D eigenvalue weighted by Gasteiger charge is -1.99. The number of ketones is 1. The van der Waals surface area contributed by atoms with Gasteiger partial charge in [-0.15, -0.1) is 11.3 Å². The van der Waals surface area contributed by atoms with E-state index in [4.69, 9.17) is 5.73 Å². The molecular formula is C14H15NOS. The van der Waals surface area contributed by atoms with Crippen LogP contribution in [0, 0.1) is 0 Å². The van der Waals surface area contributed by atoms with E-state index in [9.17, 15) is 4.79 Å². The molecule has 0 unspecified atom stereocenters. The highest BCUT2D eigenvalue weighted by Gasteiger charge is 2.16. The number of carbonyl (C=O) groups is 1. The van der Waals surface area contributed by atoms with Gasteiger partial charge >= 0.3 is 0 Å². The van der Waals surface area contributed by atoms with Gasteiger partial charge < -0.3 is 5.73 Å². The Balaban J connectivity index is 2.38. The molecule has 17 heavy (non-hydrogen) atoms. The molecule has 0 saturated carbocycles. The van der Waals surface area contributed by atoms with Gasteiger partial charge in [-0.1, -0.05) is 44.2 Å². The largest absolute Gasteiger partial charge is 0.390 e. The topological polar surface area (TPSA) is 43.1 Å². The Morgan fingerprint density at radius 1 is 1.24 bits per heavy atom. The zero-order valence-corrected chi connectivity index (χ0v) is 10.8. The van der Waals surface area contributed by atoms with Gasteiger partial charge in [0.25, 0.3) is 0 Å². The standard InChI is InChI=1S/C14H15NOS/c1-9(2)12-8-11(14(15)17-12)13(16)10-6-4-3-5-7-10/h3-9H,15H2,1-2H3. The number of hydrogen-bond donors (Lipinski definition) is 1. The van der Waals surface area contributed by atoms with Crippen LogP contribution in [-0.2, 0) is 0 Å². The summed E-state index contributed by atoms with van der Waals surface area (Å²) in [4.78, 5) is 13.4. The molecule has 2 N–H and O–H groups in total. The molecule has 0 saturated heterocycles. The predicted molar refractivity (Wildman–Crippen MR) is 72.7 cm³/mol. The second-order valence-electron chi connectivity index (χ2n) is 4.28. The van der Waals surface area contributed by atoms with E-state index in [1.165, 1.54) is 11.3 Å². The maximum atomic E-state index is 12.2. The van der Waals surface area contributed by atoms with E-state index < -0.39 is 0 Å². The van der Waals surface area contributed by atoms with Crippen LogP contribution in [0.1, 0.15) is 40.6 Å². The number of nitrogens with two attached hydrogens (primary N) is 1. The maximum absolute atomic E-state index is 12.2. The monoisotopic (exact) mass is 245 g/mol. The molecule has 88 valence electrons.